The number of anilines is 1. The molecule has 0 fully saturated rings. The van der Waals surface area contributed by atoms with Gasteiger partial charge in [0.15, 0.2) is 11.5 Å². The summed E-state index contributed by atoms with van der Waals surface area (Å²) in [5.41, 5.74) is 0.397. The number of phenols is 1. The highest BCUT2D eigenvalue weighted by molar-refractivity contribution is 6.33. The number of nitrogens with one attached hydrogen (secondary N) is 1. The largest absolute Gasteiger partial charge is 0.503 e. The van der Waals surface area contributed by atoms with Crippen molar-refractivity contribution in [2.24, 2.45) is 0 Å². The average Bonchev–Trinajstić information content (AvgIpc) is 2.54. The maximum absolute atomic E-state index is 12.3. The highest BCUT2D eigenvalue weighted by Gasteiger charge is 2.15. The minimum atomic E-state index is -3.01. The van der Waals surface area contributed by atoms with Crippen molar-refractivity contribution in [3.63, 3.8) is 0 Å². The molecular weight excluding hydrogens is 379 g/mol. The van der Waals surface area contributed by atoms with Crippen LogP contribution >= 0.6 is 23.2 Å². The van der Waals surface area contributed by atoms with Crippen LogP contribution in [0.1, 0.15) is 17.3 Å². The molecule has 0 aliphatic heterocycles. The molecule has 2 aromatic rings. The first-order chi connectivity index (χ1) is 11.8. The van der Waals surface area contributed by atoms with E-state index in [2.05, 4.69) is 10.1 Å². The van der Waals surface area contributed by atoms with Crippen LogP contribution in [-0.4, -0.2) is 24.2 Å². The van der Waals surface area contributed by atoms with Crippen LogP contribution < -0.4 is 14.8 Å². The minimum absolute atomic E-state index is 0.0465. The second kappa shape index (κ2) is 8.22. The van der Waals surface area contributed by atoms with Crippen molar-refractivity contribution >= 4 is 34.8 Å². The second-order valence-corrected chi connectivity index (χ2v) is 5.53. The molecule has 25 heavy (non-hydrogen) atoms. The van der Waals surface area contributed by atoms with Gasteiger partial charge in [-0.15, -0.1) is 0 Å². The molecule has 0 bridgehead atoms. The lowest BCUT2D eigenvalue weighted by Crippen LogP contribution is -2.12. The fourth-order valence-corrected chi connectivity index (χ4v) is 2.38. The van der Waals surface area contributed by atoms with E-state index in [0.717, 1.165) is 0 Å². The first-order valence-electron chi connectivity index (χ1n) is 7.02. The third-order valence-corrected chi connectivity index (χ3v) is 3.58. The van der Waals surface area contributed by atoms with Gasteiger partial charge in [-0.2, -0.15) is 8.78 Å². The highest BCUT2D eigenvalue weighted by Crippen LogP contribution is 2.35. The van der Waals surface area contributed by atoms with Crippen molar-refractivity contribution in [1.82, 2.24) is 0 Å². The van der Waals surface area contributed by atoms with Crippen LogP contribution in [0, 0.1) is 0 Å². The fraction of sp³-hybridized carbons (Fsp3) is 0.188. The molecule has 0 heterocycles. The van der Waals surface area contributed by atoms with Gasteiger partial charge in [0.2, 0.25) is 0 Å². The number of rotatable bonds is 6. The predicted octanol–water partition coefficient (Wildman–Crippen LogP) is 4.95. The Morgan fingerprint density at radius 2 is 1.92 bits per heavy atom. The van der Waals surface area contributed by atoms with E-state index in [-0.39, 0.29) is 45.2 Å². The van der Waals surface area contributed by atoms with Gasteiger partial charge in [-0.05, 0) is 37.3 Å². The van der Waals surface area contributed by atoms with Crippen molar-refractivity contribution < 1.29 is 28.2 Å². The molecule has 0 aliphatic carbocycles. The number of aromatic hydroxyl groups is 1. The molecule has 0 atom stereocenters. The molecule has 9 heteroatoms. The molecule has 0 unspecified atom stereocenters. The Labute approximate surface area is 152 Å². The van der Waals surface area contributed by atoms with Gasteiger partial charge in [0.05, 0.1) is 16.7 Å². The molecule has 5 nitrogen and oxygen atoms in total. The van der Waals surface area contributed by atoms with Gasteiger partial charge in [-0.25, -0.2) is 0 Å². The summed E-state index contributed by atoms with van der Waals surface area (Å²) in [4.78, 5) is 12.3. The molecule has 2 aromatic carbocycles. The molecule has 0 saturated carbocycles. The first-order valence-corrected chi connectivity index (χ1v) is 7.78. The molecule has 0 saturated heterocycles. The SMILES string of the molecule is CCOc1cc(C(=O)Nc2ccc(OC(F)F)c(Cl)c2)cc(Cl)c1O. The van der Waals surface area contributed by atoms with E-state index in [0.29, 0.717) is 0 Å². The summed E-state index contributed by atoms with van der Waals surface area (Å²) in [6.07, 6.45) is 0. The number of alkyl halides is 2. The summed E-state index contributed by atoms with van der Waals surface area (Å²) in [5, 5.41) is 12.2. The topological polar surface area (TPSA) is 67.8 Å². The van der Waals surface area contributed by atoms with Gasteiger partial charge < -0.3 is 19.9 Å². The standard InChI is InChI=1S/C16H13Cl2F2NO4/c1-2-24-13-6-8(5-11(18)14(13)22)15(23)21-9-3-4-12(10(17)7-9)25-16(19)20/h3-7,16,22H,2H2,1H3,(H,21,23). The molecule has 0 spiro atoms. The number of ether oxygens (including phenoxy) is 2. The van der Waals surface area contributed by atoms with E-state index >= 15 is 0 Å². The quantitative estimate of drug-likeness (QED) is 0.730. The average molecular weight is 392 g/mol. The van der Waals surface area contributed by atoms with E-state index in [9.17, 15) is 18.7 Å². The van der Waals surface area contributed by atoms with Crippen molar-refractivity contribution in [2.45, 2.75) is 13.5 Å². The number of carbonyl (C=O) groups excluding carboxylic acids is 1. The maximum atomic E-state index is 12.3. The number of hydrogen-bond acceptors (Lipinski definition) is 4. The maximum Gasteiger partial charge on any atom is 0.387 e. The predicted molar refractivity (Wildman–Crippen MR) is 90.3 cm³/mol. The van der Waals surface area contributed by atoms with Crippen LogP contribution in [0.5, 0.6) is 17.2 Å². The summed E-state index contributed by atoms with van der Waals surface area (Å²) in [5.74, 6) is -0.960. The summed E-state index contributed by atoms with van der Waals surface area (Å²) >= 11 is 11.7. The van der Waals surface area contributed by atoms with E-state index in [1.165, 1.54) is 30.3 Å². The first kappa shape index (κ1) is 19.1. The van der Waals surface area contributed by atoms with Crippen LogP contribution in [0.3, 0.4) is 0 Å². The fourth-order valence-electron chi connectivity index (χ4n) is 1.94. The smallest absolute Gasteiger partial charge is 0.387 e. The third kappa shape index (κ3) is 4.87. The molecule has 0 aromatic heterocycles. The van der Waals surface area contributed by atoms with Crippen molar-refractivity contribution in [1.29, 1.82) is 0 Å². The Balaban J connectivity index is 2.21. The van der Waals surface area contributed by atoms with Crippen molar-refractivity contribution in [3.05, 3.63) is 45.9 Å². The van der Waals surface area contributed by atoms with Crippen LogP contribution in [-0.2, 0) is 0 Å². The molecule has 0 radical (unpaired) electrons. The van der Waals surface area contributed by atoms with E-state index < -0.39 is 12.5 Å². The lowest BCUT2D eigenvalue weighted by atomic mass is 10.1. The van der Waals surface area contributed by atoms with Gasteiger partial charge in [-0.1, -0.05) is 23.2 Å². The number of phenolic OH excluding ortho intramolecular Hbond substituents is 1. The zero-order valence-electron chi connectivity index (χ0n) is 12.9. The summed E-state index contributed by atoms with van der Waals surface area (Å²) in [6.45, 7) is -1.02. The normalized spacial score (nSPS) is 10.6. The van der Waals surface area contributed by atoms with Crippen molar-refractivity contribution in [3.8, 4) is 17.2 Å². The van der Waals surface area contributed by atoms with E-state index in [4.69, 9.17) is 27.9 Å². The van der Waals surface area contributed by atoms with Gasteiger partial charge in [0.25, 0.3) is 5.91 Å². The summed E-state index contributed by atoms with van der Waals surface area (Å²) < 4.78 is 33.8. The molecule has 2 rings (SSSR count). The lowest BCUT2D eigenvalue weighted by Gasteiger charge is -2.12. The molecule has 1 amide bonds. The number of hydrogen-bond donors (Lipinski definition) is 2. The van der Waals surface area contributed by atoms with E-state index in [1.807, 2.05) is 0 Å². The monoisotopic (exact) mass is 391 g/mol. The Morgan fingerprint density at radius 3 is 2.52 bits per heavy atom. The Bertz CT molecular complexity index is 787. The zero-order chi connectivity index (χ0) is 18.6. The van der Waals surface area contributed by atoms with Crippen LogP contribution in [0.15, 0.2) is 30.3 Å². The van der Waals surface area contributed by atoms with Gasteiger partial charge in [0.1, 0.15) is 5.75 Å². The molecular formula is C16H13Cl2F2NO4. The van der Waals surface area contributed by atoms with Crippen LogP contribution in [0.2, 0.25) is 10.0 Å². The number of benzene rings is 2. The zero-order valence-corrected chi connectivity index (χ0v) is 14.4. The number of halogens is 4. The minimum Gasteiger partial charge on any atom is -0.503 e. The Morgan fingerprint density at radius 1 is 1.20 bits per heavy atom. The summed E-state index contributed by atoms with van der Waals surface area (Å²) in [7, 11) is 0. The Kier molecular flexibility index (Phi) is 6.27. The van der Waals surface area contributed by atoms with Gasteiger partial charge >= 0.3 is 6.61 Å². The van der Waals surface area contributed by atoms with Gasteiger partial charge in [0, 0.05) is 11.3 Å². The van der Waals surface area contributed by atoms with Gasteiger partial charge in [-0.3, -0.25) is 4.79 Å². The lowest BCUT2D eigenvalue weighted by molar-refractivity contribution is -0.0497. The molecule has 134 valence electrons. The Hall–Kier alpha value is -2.25. The van der Waals surface area contributed by atoms with Crippen LogP contribution in [0.4, 0.5) is 14.5 Å². The van der Waals surface area contributed by atoms with Crippen molar-refractivity contribution in [2.75, 3.05) is 11.9 Å². The second-order valence-electron chi connectivity index (χ2n) is 4.72. The molecule has 2 N–H and O–H groups in total. The number of amides is 1. The molecule has 0 aliphatic rings. The van der Waals surface area contributed by atoms with E-state index in [1.54, 1.807) is 6.92 Å². The summed E-state index contributed by atoms with van der Waals surface area (Å²) in [6, 6.07) is 6.43. The third-order valence-electron chi connectivity index (χ3n) is 3.00. The highest BCUT2D eigenvalue weighted by atomic mass is 35.5. The van der Waals surface area contributed by atoms with Crippen LogP contribution in [0.25, 0.3) is 0 Å². The number of carbonyl (C=O) groups is 1.